The molecule has 1 heterocycles. The Hall–Kier alpha value is -2.48. The summed E-state index contributed by atoms with van der Waals surface area (Å²) in [5.74, 6) is -0.320. The number of para-hydroxylation sites is 2. The van der Waals surface area contributed by atoms with Gasteiger partial charge in [0.05, 0.1) is 6.54 Å². The van der Waals surface area contributed by atoms with Crippen molar-refractivity contribution in [2.45, 2.75) is 19.1 Å². The number of nitrogens with zero attached hydrogens (tertiary/aromatic N) is 2. The van der Waals surface area contributed by atoms with Crippen LogP contribution in [0.15, 0.2) is 54.6 Å². The molecule has 2 aromatic carbocycles. The first kappa shape index (κ1) is 21.2. The molecule has 156 valence electrons. The maximum absolute atomic E-state index is 13.6. The first-order valence-corrected chi connectivity index (χ1v) is 9.88. The van der Waals surface area contributed by atoms with Gasteiger partial charge in [-0.15, -0.1) is 0 Å². The minimum absolute atomic E-state index is 0.0322. The zero-order valence-electron chi connectivity index (χ0n) is 16.6. The molecule has 3 rings (SSSR count). The second-order valence-corrected chi connectivity index (χ2v) is 7.39. The molecule has 0 bridgehead atoms. The number of piperazine rings is 1. The summed E-state index contributed by atoms with van der Waals surface area (Å²) >= 11 is 0. The number of carbonyl (C=O) groups is 1. The summed E-state index contributed by atoms with van der Waals surface area (Å²) in [5, 5.41) is 13.2. The first-order chi connectivity index (χ1) is 14.0. The van der Waals surface area contributed by atoms with E-state index >= 15 is 0 Å². The van der Waals surface area contributed by atoms with Crippen molar-refractivity contribution in [2.24, 2.45) is 0 Å². The van der Waals surface area contributed by atoms with Gasteiger partial charge < -0.3 is 15.2 Å². The molecule has 1 aliphatic rings. The lowest BCUT2D eigenvalue weighted by atomic mass is 10.1. The maximum atomic E-state index is 13.6. The monoisotopic (exact) mass is 401 g/mol. The van der Waals surface area contributed by atoms with Crippen molar-refractivity contribution in [3.05, 3.63) is 60.4 Å². The molecular formula is C22H28FN3O3. The van der Waals surface area contributed by atoms with E-state index in [9.17, 15) is 14.3 Å². The third kappa shape index (κ3) is 6.52. The quantitative estimate of drug-likeness (QED) is 0.710. The van der Waals surface area contributed by atoms with Gasteiger partial charge in [0, 0.05) is 37.9 Å². The predicted molar refractivity (Wildman–Crippen MR) is 110 cm³/mol. The van der Waals surface area contributed by atoms with Crippen LogP contribution in [-0.2, 0) is 4.79 Å². The fourth-order valence-corrected chi connectivity index (χ4v) is 3.48. The molecule has 1 amide bonds. The second kappa shape index (κ2) is 10.3. The van der Waals surface area contributed by atoms with Gasteiger partial charge in [-0.3, -0.25) is 14.6 Å². The zero-order chi connectivity index (χ0) is 20.6. The number of amides is 1. The highest BCUT2D eigenvalue weighted by Gasteiger charge is 2.26. The fourth-order valence-electron chi connectivity index (χ4n) is 3.48. The molecule has 0 saturated carbocycles. The van der Waals surface area contributed by atoms with Gasteiger partial charge in [-0.2, -0.15) is 0 Å². The molecular weight excluding hydrogens is 373 g/mol. The molecule has 0 aromatic heterocycles. The van der Waals surface area contributed by atoms with E-state index in [0.29, 0.717) is 13.1 Å². The smallest absolute Gasteiger partial charge is 0.238 e. The summed E-state index contributed by atoms with van der Waals surface area (Å²) in [7, 11) is 0. The van der Waals surface area contributed by atoms with Gasteiger partial charge in [0.1, 0.15) is 12.7 Å². The van der Waals surface area contributed by atoms with Gasteiger partial charge in [0.15, 0.2) is 11.6 Å². The van der Waals surface area contributed by atoms with Crippen LogP contribution in [0.1, 0.15) is 6.92 Å². The minimum atomic E-state index is -0.718. The van der Waals surface area contributed by atoms with Crippen LogP contribution in [0.5, 0.6) is 5.75 Å². The highest BCUT2D eigenvalue weighted by molar-refractivity contribution is 5.92. The highest BCUT2D eigenvalue weighted by Crippen LogP contribution is 2.16. The largest absolute Gasteiger partial charge is 0.488 e. The number of hydrogen-bond acceptors (Lipinski definition) is 5. The van der Waals surface area contributed by atoms with E-state index in [1.807, 2.05) is 30.3 Å². The summed E-state index contributed by atoms with van der Waals surface area (Å²) in [4.78, 5) is 16.5. The number of nitrogens with one attached hydrogen (secondary N) is 1. The van der Waals surface area contributed by atoms with Gasteiger partial charge in [-0.1, -0.05) is 30.3 Å². The number of benzene rings is 2. The van der Waals surface area contributed by atoms with E-state index in [1.165, 1.54) is 6.07 Å². The van der Waals surface area contributed by atoms with Crippen LogP contribution in [0.2, 0.25) is 0 Å². The molecule has 6 nitrogen and oxygen atoms in total. The Kier molecular flexibility index (Phi) is 7.57. The van der Waals surface area contributed by atoms with Crippen molar-refractivity contribution >= 4 is 11.6 Å². The molecule has 0 unspecified atom stereocenters. The maximum Gasteiger partial charge on any atom is 0.238 e. The van der Waals surface area contributed by atoms with Gasteiger partial charge in [-0.25, -0.2) is 4.39 Å². The summed E-state index contributed by atoms with van der Waals surface area (Å²) < 4.78 is 19.0. The van der Waals surface area contributed by atoms with Gasteiger partial charge >= 0.3 is 0 Å². The van der Waals surface area contributed by atoms with E-state index in [2.05, 4.69) is 22.0 Å². The number of aliphatic hydroxyl groups excluding tert-OH is 1. The van der Waals surface area contributed by atoms with Gasteiger partial charge in [0.25, 0.3) is 0 Å². The van der Waals surface area contributed by atoms with Crippen LogP contribution >= 0.6 is 0 Å². The number of aliphatic hydroxyl groups is 1. The lowest BCUT2D eigenvalue weighted by Crippen LogP contribution is -2.55. The predicted octanol–water partition coefficient (Wildman–Crippen LogP) is 2.21. The topological polar surface area (TPSA) is 65.0 Å². The Labute approximate surface area is 170 Å². The molecule has 2 atom stereocenters. The summed E-state index contributed by atoms with van der Waals surface area (Å²) in [6, 6.07) is 15.8. The Morgan fingerprint density at radius 1 is 1.21 bits per heavy atom. The summed E-state index contributed by atoms with van der Waals surface area (Å²) in [6.45, 7) is 5.12. The molecule has 7 heteroatoms. The van der Waals surface area contributed by atoms with Crippen LogP contribution in [-0.4, -0.2) is 72.3 Å². The van der Waals surface area contributed by atoms with Crippen molar-refractivity contribution in [3.63, 3.8) is 0 Å². The van der Waals surface area contributed by atoms with Gasteiger partial charge in [-0.05, 0) is 31.2 Å². The number of hydrogen-bond donors (Lipinski definition) is 2. The van der Waals surface area contributed by atoms with Crippen LogP contribution in [0.25, 0.3) is 0 Å². The molecule has 1 saturated heterocycles. The fraction of sp³-hybridized carbons (Fsp3) is 0.409. The number of halogens is 1. The van der Waals surface area contributed by atoms with E-state index < -0.39 is 11.9 Å². The summed E-state index contributed by atoms with van der Waals surface area (Å²) in [5.41, 5.74) is 0.794. The van der Waals surface area contributed by atoms with Crippen molar-refractivity contribution in [2.75, 3.05) is 44.6 Å². The number of anilines is 1. The molecule has 1 aliphatic heterocycles. The van der Waals surface area contributed by atoms with Gasteiger partial charge in [0.2, 0.25) is 5.91 Å². The SMILES string of the molecule is C[C@H]1CN(CC(=O)Nc2ccccc2)CCN1C[C@@H](O)COc1ccccc1F. The number of ether oxygens (including phenoxy) is 1. The number of β-amino-alcohol motifs (C(OH)–C–C–N with tert-alkyl or cyclic N) is 1. The standard InChI is InChI=1S/C22H28FN3O3/c1-17-13-25(15-22(28)24-18-7-3-2-4-8-18)11-12-26(17)14-19(27)16-29-21-10-6-5-9-20(21)23/h2-10,17,19,27H,11-16H2,1H3,(H,24,28)/t17-,19+/m0/s1. The number of carbonyl (C=O) groups excluding carboxylic acids is 1. The Morgan fingerprint density at radius 2 is 1.93 bits per heavy atom. The normalized spacial score (nSPS) is 18.9. The zero-order valence-corrected chi connectivity index (χ0v) is 16.6. The molecule has 0 spiro atoms. The summed E-state index contributed by atoms with van der Waals surface area (Å²) in [6.07, 6.45) is -0.718. The van der Waals surface area contributed by atoms with Crippen molar-refractivity contribution in [3.8, 4) is 5.75 Å². The second-order valence-electron chi connectivity index (χ2n) is 7.39. The lowest BCUT2D eigenvalue weighted by molar-refractivity contribution is -0.118. The van der Waals surface area contributed by atoms with Crippen LogP contribution in [0.3, 0.4) is 0 Å². The highest BCUT2D eigenvalue weighted by atomic mass is 19.1. The Bertz CT molecular complexity index is 790. The van der Waals surface area contributed by atoms with Crippen molar-refractivity contribution in [1.82, 2.24) is 9.80 Å². The van der Waals surface area contributed by atoms with Crippen molar-refractivity contribution < 1.29 is 19.0 Å². The Balaban J connectivity index is 1.40. The number of rotatable bonds is 8. The minimum Gasteiger partial charge on any atom is -0.488 e. The van der Waals surface area contributed by atoms with E-state index in [4.69, 9.17) is 4.74 Å². The van der Waals surface area contributed by atoms with Crippen LogP contribution in [0, 0.1) is 5.82 Å². The third-order valence-corrected chi connectivity index (χ3v) is 4.99. The van der Waals surface area contributed by atoms with Crippen LogP contribution < -0.4 is 10.1 Å². The first-order valence-electron chi connectivity index (χ1n) is 9.88. The third-order valence-electron chi connectivity index (χ3n) is 4.99. The van der Waals surface area contributed by atoms with Crippen LogP contribution in [0.4, 0.5) is 10.1 Å². The molecule has 0 aliphatic carbocycles. The molecule has 2 N–H and O–H groups in total. The molecule has 0 radical (unpaired) electrons. The molecule has 2 aromatic rings. The molecule has 1 fully saturated rings. The molecule has 29 heavy (non-hydrogen) atoms. The average molecular weight is 401 g/mol. The average Bonchev–Trinajstić information content (AvgIpc) is 2.70. The Morgan fingerprint density at radius 3 is 2.66 bits per heavy atom. The lowest BCUT2D eigenvalue weighted by Gasteiger charge is -2.40. The van der Waals surface area contributed by atoms with E-state index in [-0.39, 0.29) is 24.3 Å². The van der Waals surface area contributed by atoms with E-state index in [1.54, 1.807) is 18.2 Å². The van der Waals surface area contributed by atoms with E-state index in [0.717, 1.165) is 25.3 Å². The van der Waals surface area contributed by atoms with Crippen molar-refractivity contribution in [1.29, 1.82) is 0 Å².